The van der Waals surface area contributed by atoms with Crippen molar-refractivity contribution < 1.29 is 4.79 Å². The van der Waals surface area contributed by atoms with Gasteiger partial charge >= 0.3 is 0 Å². The number of likely N-dealkylation sites (tertiary alicyclic amines) is 2. The van der Waals surface area contributed by atoms with Crippen LogP contribution in [0.15, 0.2) is 59.7 Å². The first-order valence-corrected chi connectivity index (χ1v) is 12.5. The number of nitrogens with one attached hydrogen (secondary N) is 2. The van der Waals surface area contributed by atoms with Crippen LogP contribution < -0.4 is 10.7 Å². The normalized spacial score (nSPS) is 22.4. The van der Waals surface area contributed by atoms with Crippen molar-refractivity contribution in [3.05, 3.63) is 65.7 Å². The first kappa shape index (κ1) is 22.0. The Kier molecular flexibility index (Phi) is 6.91. The molecule has 2 unspecified atom stereocenters. The first-order chi connectivity index (χ1) is 16.3. The van der Waals surface area contributed by atoms with Crippen molar-refractivity contribution in [1.82, 2.24) is 15.2 Å². The molecule has 5 rings (SSSR count). The maximum Gasteiger partial charge on any atom is 0.260 e. The quantitative estimate of drug-likeness (QED) is 0.694. The molecule has 33 heavy (non-hydrogen) atoms. The van der Waals surface area contributed by atoms with Gasteiger partial charge in [-0.3, -0.25) is 9.69 Å². The second kappa shape index (κ2) is 10.4. The van der Waals surface area contributed by atoms with Gasteiger partial charge in [0.25, 0.3) is 5.91 Å². The van der Waals surface area contributed by atoms with Gasteiger partial charge in [-0.1, -0.05) is 48.9 Å². The number of hydrogen-bond acceptors (Lipinski definition) is 5. The SMILES string of the molecule is O=C(C(Nc1ccc(C2=NNC(c3ccccc3)C2)cc1)N1CCCCC1)N1CCCCC1. The fourth-order valence-corrected chi connectivity index (χ4v) is 5.19. The summed E-state index contributed by atoms with van der Waals surface area (Å²) in [6, 6.07) is 19.1. The number of anilines is 1. The number of nitrogens with zero attached hydrogens (tertiary/aromatic N) is 3. The van der Waals surface area contributed by atoms with Gasteiger partial charge < -0.3 is 15.6 Å². The van der Waals surface area contributed by atoms with Gasteiger partial charge in [-0.05, 0) is 55.4 Å². The molecule has 2 fully saturated rings. The molecular formula is C27H35N5O. The summed E-state index contributed by atoms with van der Waals surface area (Å²) < 4.78 is 0. The zero-order chi connectivity index (χ0) is 22.5. The lowest BCUT2D eigenvalue weighted by molar-refractivity contribution is -0.137. The lowest BCUT2D eigenvalue weighted by Gasteiger charge is -2.38. The van der Waals surface area contributed by atoms with Crippen LogP contribution in [0.5, 0.6) is 0 Å². The number of benzene rings is 2. The maximum absolute atomic E-state index is 13.4. The highest BCUT2D eigenvalue weighted by atomic mass is 16.2. The van der Waals surface area contributed by atoms with Crippen LogP contribution in [-0.4, -0.2) is 53.8 Å². The molecular weight excluding hydrogens is 410 g/mol. The molecule has 2 aromatic rings. The molecule has 174 valence electrons. The van der Waals surface area contributed by atoms with Crippen LogP contribution >= 0.6 is 0 Å². The highest BCUT2D eigenvalue weighted by molar-refractivity contribution is 6.02. The first-order valence-electron chi connectivity index (χ1n) is 12.5. The zero-order valence-corrected chi connectivity index (χ0v) is 19.4. The van der Waals surface area contributed by atoms with Crippen molar-refractivity contribution >= 4 is 17.3 Å². The molecule has 6 nitrogen and oxygen atoms in total. The van der Waals surface area contributed by atoms with Gasteiger partial charge in [-0.2, -0.15) is 5.10 Å². The molecule has 3 aliphatic heterocycles. The average molecular weight is 446 g/mol. The number of carbonyl (C=O) groups is 1. The molecule has 2 N–H and O–H groups in total. The standard InChI is InChI=1S/C27H35N5O/c33-27(32-18-8-3-9-19-32)26(31-16-6-2-7-17-31)28-23-14-12-22(13-15-23)25-20-24(29-30-25)21-10-4-1-5-11-21/h1,4-5,10-15,24,26,28-29H,2-3,6-9,16-20H2. The van der Waals surface area contributed by atoms with Crippen molar-refractivity contribution in [3.63, 3.8) is 0 Å². The van der Waals surface area contributed by atoms with Crippen LogP contribution in [0.2, 0.25) is 0 Å². The third-order valence-corrected chi connectivity index (χ3v) is 7.13. The Bertz CT molecular complexity index is 946. The fourth-order valence-electron chi connectivity index (χ4n) is 5.19. The van der Waals surface area contributed by atoms with Crippen molar-refractivity contribution in [2.24, 2.45) is 5.10 Å². The van der Waals surface area contributed by atoms with Gasteiger partial charge in [-0.15, -0.1) is 0 Å². The maximum atomic E-state index is 13.4. The van der Waals surface area contributed by atoms with Crippen LogP contribution in [0.4, 0.5) is 5.69 Å². The molecule has 0 bridgehead atoms. The average Bonchev–Trinajstić information content (AvgIpc) is 3.39. The number of hydrazone groups is 1. The fraction of sp³-hybridized carbons (Fsp3) is 0.481. The third-order valence-electron chi connectivity index (χ3n) is 7.13. The zero-order valence-electron chi connectivity index (χ0n) is 19.4. The minimum atomic E-state index is -0.276. The molecule has 2 saturated heterocycles. The van der Waals surface area contributed by atoms with Crippen molar-refractivity contribution in [2.75, 3.05) is 31.5 Å². The van der Waals surface area contributed by atoms with E-state index >= 15 is 0 Å². The highest BCUT2D eigenvalue weighted by Crippen LogP contribution is 2.25. The summed E-state index contributed by atoms with van der Waals surface area (Å²) in [4.78, 5) is 17.8. The molecule has 0 radical (unpaired) electrons. The van der Waals surface area contributed by atoms with Crippen LogP contribution in [-0.2, 0) is 4.79 Å². The second-order valence-electron chi connectivity index (χ2n) is 9.46. The monoisotopic (exact) mass is 445 g/mol. The van der Waals surface area contributed by atoms with E-state index in [0.29, 0.717) is 0 Å². The van der Waals surface area contributed by atoms with E-state index in [9.17, 15) is 4.79 Å². The minimum absolute atomic E-state index is 0.227. The van der Waals surface area contributed by atoms with E-state index in [2.05, 4.69) is 74.2 Å². The molecule has 1 amide bonds. The summed E-state index contributed by atoms with van der Waals surface area (Å²) in [6.45, 7) is 3.75. The predicted molar refractivity (Wildman–Crippen MR) is 133 cm³/mol. The highest BCUT2D eigenvalue weighted by Gasteiger charge is 2.31. The van der Waals surface area contributed by atoms with E-state index in [1.165, 1.54) is 31.2 Å². The Morgan fingerprint density at radius 1 is 0.879 bits per heavy atom. The smallest absolute Gasteiger partial charge is 0.260 e. The Hall–Kier alpha value is -2.86. The van der Waals surface area contributed by atoms with Gasteiger partial charge in [0.15, 0.2) is 6.17 Å². The van der Waals surface area contributed by atoms with Crippen molar-refractivity contribution in [1.29, 1.82) is 0 Å². The Morgan fingerprint density at radius 3 is 2.24 bits per heavy atom. The second-order valence-corrected chi connectivity index (χ2v) is 9.46. The lowest BCUT2D eigenvalue weighted by Crippen LogP contribution is -2.55. The summed E-state index contributed by atoms with van der Waals surface area (Å²) in [7, 11) is 0. The van der Waals surface area contributed by atoms with Gasteiger partial charge in [-0.25, -0.2) is 0 Å². The molecule has 2 atom stereocenters. The van der Waals surface area contributed by atoms with E-state index < -0.39 is 0 Å². The minimum Gasteiger partial charge on any atom is -0.362 e. The summed E-state index contributed by atoms with van der Waals surface area (Å²) in [5, 5.41) is 8.17. The number of piperidine rings is 2. The molecule has 0 spiro atoms. The van der Waals surface area contributed by atoms with Crippen LogP contribution in [0.1, 0.15) is 62.1 Å². The Morgan fingerprint density at radius 2 is 1.55 bits per heavy atom. The topological polar surface area (TPSA) is 60.0 Å². The van der Waals surface area contributed by atoms with E-state index in [1.807, 2.05) is 6.07 Å². The van der Waals surface area contributed by atoms with Crippen LogP contribution in [0.3, 0.4) is 0 Å². The molecule has 0 aromatic heterocycles. The van der Waals surface area contributed by atoms with E-state index in [-0.39, 0.29) is 18.1 Å². The predicted octanol–water partition coefficient (Wildman–Crippen LogP) is 4.36. The van der Waals surface area contributed by atoms with Gasteiger partial charge in [0.2, 0.25) is 0 Å². The summed E-state index contributed by atoms with van der Waals surface area (Å²) in [5.74, 6) is 0.232. The lowest BCUT2D eigenvalue weighted by atomic mass is 9.99. The molecule has 0 aliphatic carbocycles. The van der Waals surface area contributed by atoms with Gasteiger partial charge in [0.1, 0.15) is 0 Å². The molecule has 3 heterocycles. The van der Waals surface area contributed by atoms with Crippen LogP contribution in [0.25, 0.3) is 0 Å². The number of hydrogen-bond donors (Lipinski definition) is 2. The summed E-state index contributed by atoms with van der Waals surface area (Å²) >= 11 is 0. The molecule has 0 saturated carbocycles. The molecule has 6 heteroatoms. The number of amides is 1. The molecule has 2 aromatic carbocycles. The number of rotatable bonds is 6. The largest absolute Gasteiger partial charge is 0.362 e. The Balaban J connectivity index is 1.26. The van der Waals surface area contributed by atoms with Gasteiger partial charge in [0, 0.05) is 38.3 Å². The van der Waals surface area contributed by atoms with E-state index in [0.717, 1.165) is 62.4 Å². The number of carbonyl (C=O) groups excluding carboxylic acids is 1. The third kappa shape index (κ3) is 5.22. The Labute approximate surface area is 197 Å². The summed E-state index contributed by atoms with van der Waals surface area (Å²) in [5.41, 5.74) is 7.73. The van der Waals surface area contributed by atoms with Gasteiger partial charge in [0.05, 0.1) is 11.8 Å². The molecule has 3 aliphatic rings. The van der Waals surface area contributed by atoms with E-state index in [4.69, 9.17) is 0 Å². The summed E-state index contributed by atoms with van der Waals surface area (Å²) in [6.07, 6.45) is 7.66. The van der Waals surface area contributed by atoms with Crippen LogP contribution in [0, 0.1) is 0 Å². The van der Waals surface area contributed by atoms with E-state index in [1.54, 1.807) is 0 Å². The van der Waals surface area contributed by atoms with Crippen molar-refractivity contribution in [2.45, 2.75) is 57.2 Å². The van der Waals surface area contributed by atoms with Crippen molar-refractivity contribution in [3.8, 4) is 0 Å².